The van der Waals surface area contributed by atoms with E-state index in [1.165, 1.54) is 11.8 Å². The van der Waals surface area contributed by atoms with Crippen molar-refractivity contribution in [2.45, 2.75) is 0 Å². The molecule has 1 aliphatic heterocycles. The fraction of sp³-hybridized carbons (Fsp3) is 0.174. The molecular weight excluding hydrogens is 408 g/mol. The first-order chi connectivity index (χ1) is 15.7. The Bertz CT molecular complexity index is 1220. The fourth-order valence-corrected chi connectivity index (χ4v) is 3.87. The van der Waals surface area contributed by atoms with Crippen molar-refractivity contribution in [3.05, 3.63) is 83.2 Å². The second-order valence-corrected chi connectivity index (χ2v) is 7.43. The van der Waals surface area contributed by atoms with Crippen molar-refractivity contribution >= 4 is 17.1 Å². The third-order valence-electron chi connectivity index (χ3n) is 5.53. The summed E-state index contributed by atoms with van der Waals surface area (Å²) >= 11 is 0. The molecule has 9 heteroatoms. The standard InChI is InChI=1S/C23H20N6O3/c30-29(31)21-16-18(22-25-23(32-26-22)17-8-10-24-11-9-17)6-7-20(21)28-14-12-27(13-15-28)19-4-2-1-3-5-19/h1-11,16H,12-15H2. The van der Waals surface area contributed by atoms with E-state index < -0.39 is 0 Å². The number of nitrogens with zero attached hydrogens (tertiary/aromatic N) is 6. The zero-order valence-corrected chi connectivity index (χ0v) is 17.2. The first-order valence-corrected chi connectivity index (χ1v) is 10.3. The van der Waals surface area contributed by atoms with E-state index in [0.717, 1.165) is 18.7 Å². The van der Waals surface area contributed by atoms with Gasteiger partial charge in [-0.05, 0) is 36.4 Å². The van der Waals surface area contributed by atoms with Crippen LogP contribution in [-0.4, -0.2) is 46.2 Å². The Morgan fingerprint density at radius 2 is 1.59 bits per heavy atom. The second-order valence-electron chi connectivity index (χ2n) is 7.43. The molecule has 160 valence electrons. The van der Waals surface area contributed by atoms with Crippen molar-refractivity contribution in [3.8, 4) is 22.8 Å². The molecule has 0 radical (unpaired) electrons. The van der Waals surface area contributed by atoms with E-state index in [0.29, 0.717) is 36.1 Å². The highest BCUT2D eigenvalue weighted by Gasteiger charge is 2.25. The molecule has 0 saturated carbocycles. The molecule has 2 aromatic heterocycles. The van der Waals surface area contributed by atoms with Gasteiger partial charge in [0.1, 0.15) is 5.69 Å². The maximum absolute atomic E-state index is 11.9. The van der Waals surface area contributed by atoms with Crippen LogP contribution in [0, 0.1) is 10.1 Å². The van der Waals surface area contributed by atoms with Crippen molar-refractivity contribution in [2.75, 3.05) is 36.0 Å². The van der Waals surface area contributed by atoms with Crippen LogP contribution in [0.2, 0.25) is 0 Å². The molecule has 2 aromatic carbocycles. The van der Waals surface area contributed by atoms with Gasteiger partial charge in [0.2, 0.25) is 5.82 Å². The van der Waals surface area contributed by atoms with E-state index in [1.807, 2.05) is 18.2 Å². The smallest absolute Gasteiger partial charge is 0.293 e. The van der Waals surface area contributed by atoms with Crippen LogP contribution in [0.4, 0.5) is 17.1 Å². The summed E-state index contributed by atoms with van der Waals surface area (Å²) in [6, 6.07) is 18.8. The summed E-state index contributed by atoms with van der Waals surface area (Å²) in [5.41, 5.74) is 3.07. The molecule has 1 aliphatic rings. The van der Waals surface area contributed by atoms with E-state index in [2.05, 4.69) is 37.1 Å². The third kappa shape index (κ3) is 3.87. The Labute approximate surface area is 184 Å². The summed E-state index contributed by atoms with van der Waals surface area (Å²) in [6.07, 6.45) is 3.27. The van der Waals surface area contributed by atoms with Crippen molar-refractivity contribution in [1.82, 2.24) is 15.1 Å². The number of pyridine rings is 1. The van der Waals surface area contributed by atoms with Gasteiger partial charge in [-0.1, -0.05) is 23.4 Å². The Kier molecular flexibility index (Phi) is 5.20. The highest BCUT2D eigenvalue weighted by atomic mass is 16.6. The largest absolute Gasteiger partial charge is 0.368 e. The molecular formula is C23H20N6O3. The van der Waals surface area contributed by atoms with Gasteiger partial charge in [-0.25, -0.2) is 0 Å². The highest BCUT2D eigenvalue weighted by Crippen LogP contribution is 2.34. The van der Waals surface area contributed by atoms with Crippen LogP contribution in [0.25, 0.3) is 22.8 Å². The summed E-state index contributed by atoms with van der Waals surface area (Å²) in [5, 5.41) is 15.9. The minimum absolute atomic E-state index is 0.0333. The predicted molar refractivity (Wildman–Crippen MR) is 120 cm³/mol. The number of hydrogen-bond donors (Lipinski definition) is 0. The summed E-state index contributed by atoms with van der Waals surface area (Å²) < 4.78 is 5.33. The number of para-hydroxylation sites is 1. The summed E-state index contributed by atoms with van der Waals surface area (Å²) in [7, 11) is 0. The van der Waals surface area contributed by atoms with Gasteiger partial charge in [0.15, 0.2) is 0 Å². The normalized spacial score (nSPS) is 13.9. The van der Waals surface area contributed by atoms with Crippen LogP contribution in [0.3, 0.4) is 0 Å². The number of nitro groups is 1. The third-order valence-corrected chi connectivity index (χ3v) is 5.53. The first kappa shape index (κ1) is 19.7. The molecule has 1 fully saturated rings. The van der Waals surface area contributed by atoms with Gasteiger partial charge in [0.25, 0.3) is 11.6 Å². The SMILES string of the molecule is O=[N+]([O-])c1cc(-c2noc(-c3ccncc3)n2)ccc1N1CCN(c2ccccc2)CC1. The molecule has 3 heterocycles. The van der Waals surface area contributed by atoms with Gasteiger partial charge in [0.05, 0.1) is 4.92 Å². The van der Waals surface area contributed by atoms with E-state index in [9.17, 15) is 10.1 Å². The average Bonchev–Trinajstić information content (AvgIpc) is 3.35. The van der Waals surface area contributed by atoms with Crippen LogP contribution in [-0.2, 0) is 0 Å². The van der Waals surface area contributed by atoms with Crippen LogP contribution in [0.15, 0.2) is 77.6 Å². The lowest BCUT2D eigenvalue weighted by molar-refractivity contribution is -0.384. The lowest BCUT2D eigenvalue weighted by atomic mass is 10.1. The number of aromatic nitrogens is 3. The van der Waals surface area contributed by atoms with Gasteiger partial charge in [-0.15, -0.1) is 0 Å². The number of piperazine rings is 1. The molecule has 5 rings (SSSR count). The molecule has 9 nitrogen and oxygen atoms in total. The van der Waals surface area contributed by atoms with E-state index in [-0.39, 0.29) is 10.6 Å². The summed E-state index contributed by atoms with van der Waals surface area (Å²) in [6.45, 7) is 2.99. The highest BCUT2D eigenvalue weighted by molar-refractivity contribution is 5.72. The fourth-order valence-electron chi connectivity index (χ4n) is 3.87. The van der Waals surface area contributed by atoms with Crippen LogP contribution in [0.5, 0.6) is 0 Å². The monoisotopic (exact) mass is 428 g/mol. The number of nitro benzene ring substituents is 1. The van der Waals surface area contributed by atoms with Crippen LogP contribution < -0.4 is 9.80 Å². The Morgan fingerprint density at radius 1 is 0.875 bits per heavy atom. The minimum Gasteiger partial charge on any atom is -0.368 e. The maximum atomic E-state index is 11.9. The number of hydrogen-bond acceptors (Lipinski definition) is 8. The van der Waals surface area contributed by atoms with Gasteiger partial charge < -0.3 is 14.3 Å². The Morgan fingerprint density at radius 3 is 2.31 bits per heavy atom. The Balaban J connectivity index is 1.37. The zero-order chi connectivity index (χ0) is 21.9. The van der Waals surface area contributed by atoms with Crippen LogP contribution in [0.1, 0.15) is 0 Å². The maximum Gasteiger partial charge on any atom is 0.293 e. The molecule has 0 unspecified atom stereocenters. The zero-order valence-electron chi connectivity index (χ0n) is 17.2. The average molecular weight is 428 g/mol. The van der Waals surface area contributed by atoms with Crippen LogP contribution >= 0.6 is 0 Å². The molecule has 1 saturated heterocycles. The lowest BCUT2D eigenvalue weighted by Crippen LogP contribution is -2.46. The van der Waals surface area contributed by atoms with Gasteiger partial charge >= 0.3 is 0 Å². The number of rotatable bonds is 5. The molecule has 0 aliphatic carbocycles. The molecule has 32 heavy (non-hydrogen) atoms. The van der Waals surface area contributed by atoms with E-state index >= 15 is 0 Å². The van der Waals surface area contributed by atoms with Crippen molar-refractivity contribution in [1.29, 1.82) is 0 Å². The summed E-state index contributed by atoms with van der Waals surface area (Å²) in [5.74, 6) is 0.645. The number of benzene rings is 2. The molecule has 4 aromatic rings. The van der Waals surface area contributed by atoms with Gasteiger partial charge in [-0.3, -0.25) is 15.1 Å². The topological polar surface area (TPSA) is 101 Å². The molecule has 0 bridgehead atoms. The summed E-state index contributed by atoms with van der Waals surface area (Å²) in [4.78, 5) is 24.2. The van der Waals surface area contributed by atoms with Gasteiger partial charge in [0, 0.05) is 61.5 Å². The van der Waals surface area contributed by atoms with Crippen molar-refractivity contribution in [2.24, 2.45) is 0 Å². The number of anilines is 2. The second kappa shape index (κ2) is 8.46. The van der Waals surface area contributed by atoms with Gasteiger partial charge in [-0.2, -0.15) is 4.98 Å². The van der Waals surface area contributed by atoms with Crippen molar-refractivity contribution in [3.63, 3.8) is 0 Å². The Hall–Kier alpha value is -4.27. The van der Waals surface area contributed by atoms with E-state index in [4.69, 9.17) is 4.52 Å². The first-order valence-electron chi connectivity index (χ1n) is 10.3. The quantitative estimate of drug-likeness (QED) is 0.347. The molecule has 0 amide bonds. The lowest BCUT2D eigenvalue weighted by Gasteiger charge is -2.37. The van der Waals surface area contributed by atoms with E-state index in [1.54, 1.807) is 36.7 Å². The molecule has 0 spiro atoms. The van der Waals surface area contributed by atoms with Crippen molar-refractivity contribution < 1.29 is 9.45 Å². The molecule has 0 N–H and O–H groups in total. The predicted octanol–water partition coefficient (Wildman–Crippen LogP) is 4.03. The molecule has 0 atom stereocenters. The minimum atomic E-state index is -0.355.